The SMILES string of the molecule is CCc1nc(Br)cc(NCc2cc(F)ccc2F)n1. The molecule has 2 aromatic rings. The second kappa shape index (κ2) is 6.06. The maximum atomic E-state index is 13.4. The van der Waals surface area contributed by atoms with Gasteiger partial charge in [0.05, 0.1) is 0 Å². The second-order valence-electron chi connectivity index (χ2n) is 3.93. The lowest BCUT2D eigenvalue weighted by atomic mass is 10.2. The lowest BCUT2D eigenvalue weighted by Gasteiger charge is -2.08. The number of anilines is 1. The summed E-state index contributed by atoms with van der Waals surface area (Å²) in [6.45, 7) is 2.11. The van der Waals surface area contributed by atoms with Crippen molar-refractivity contribution in [2.24, 2.45) is 0 Å². The molecule has 100 valence electrons. The Morgan fingerprint density at radius 3 is 2.74 bits per heavy atom. The summed E-state index contributed by atoms with van der Waals surface area (Å²) in [5, 5.41) is 2.96. The van der Waals surface area contributed by atoms with Gasteiger partial charge in [0, 0.05) is 24.6 Å². The van der Waals surface area contributed by atoms with Crippen LogP contribution in [0.1, 0.15) is 18.3 Å². The Bertz CT molecular complexity index is 590. The van der Waals surface area contributed by atoms with E-state index in [1.54, 1.807) is 6.07 Å². The first-order valence-electron chi connectivity index (χ1n) is 5.79. The van der Waals surface area contributed by atoms with Crippen molar-refractivity contribution in [1.82, 2.24) is 9.97 Å². The van der Waals surface area contributed by atoms with Crippen LogP contribution in [0.3, 0.4) is 0 Å². The third kappa shape index (κ3) is 3.70. The van der Waals surface area contributed by atoms with Gasteiger partial charge in [-0.2, -0.15) is 0 Å². The van der Waals surface area contributed by atoms with E-state index in [2.05, 4.69) is 31.2 Å². The van der Waals surface area contributed by atoms with Crippen LogP contribution in [0, 0.1) is 11.6 Å². The third-order valence-corrected chi connectivity index (χ3v) is 2.93. The zero-order valence-corrected chi connectivity index (χ0v) is 11.8. The van der Waals surface area contributed by atoms with Crippen LogP contribution < -0.4 is 5.32 Å². The van der Waals surface area contributed by atoms with Crippen LogP contribution in [0.5, 0.6) is 0 Å². The monoisotopic (exact) mass is 327 g/mol. The molecule has 19 heavy (non-hydrogen) atoms. The quantitative estimate of drug-likeness (QED) is 0.870. The largest absolute Gasteiger partial charge is 0.366 e. The van der Waals surface area contributed by atoms with E-state index in [0.717, 1.165) is 12.1 Å². The summed E-state index contributed by atoms with van der Waals surface area (Å²) in [7, 11) is 0. The predicted molar refractivity (Wildman–Crippen MR) is 72.8 cm³/mol. The molecule has 0 bridgehead atoms. The number of benzene rings is 1. The normalized spacial score (nSPS) is 10.5. The van der Waals surface area contributed by atoms with Crippen molar-refractivity contribution < 1.29 is 8.78 Å². The summed E-state index contributed by atoms with van der Waals surface area (Å²) >= 11 is 3.28. The molecule has 0 fully saturated rings. The van der Waals surface area contributed by atoms with Crippen molar-refractivity contribution in [3.63, 3.8) is 0 Å². The zero-order chi connectivity index (χ0) is 13.8. The molecule has 0 aliphatic carbocycles. The maximum absolute atomic E-state index is 13.4. The number of rotatable bonds is 4. The number of aromatic nitrogens is 2. The number of hydrogen-bond acceptors (Lipinski definition) is 3. The fourth-order valence-electron chi connectivity index (χ4n) is 1.58. The molecule has 1 aromatic heterocycles. The van der Waals surface area contributed by atoms with Gasteiger partial charge in [0.25, 0.3) is 0 Å². The van der Waals surface area contributed by atoms with E-state index in [1.807, 2.05) is 6.92 Å². The van der Waals surface area contributed by atoms with Gasteiger partial charge in [-0.1, -0.05) is 6.92 Å². The van der Waals surface area contributed by atoms with Crippen LogP contribution in [0.4, 0.5) is 14.6 Å². The summed E-state index contributed by atoms with van der Waals surface area (Å²) in [5.41, 5.74) is 0.257. The Hall–Kier alpha value is -1.56. The average molecular weight is 328 g/mol. The average Bonchev–Trinajstić information content (AvgIpc) is 2.39. The Morgan fingerprint density at radius 2 is 2.00 bits per heavy atom. The van der Waals surface area contributed by atoms with E-state index in [9.17, 15) is 8.78 Å². The number of aryl methyl sites for hydroxylation is 1. The summed E-state index contributed by atoms with van der Waals surface area (Å²) in [5.74, 6) is 0.341. The van der Waals surface area contributed by atoms with Crippen LogP contribution >= 0.6 is 15.9 Å². The summed E-state index contributed by atoms with van der Waals surface area (Å²) < 4.78 is 27.1. The molecular formula is C13H12BrF2N3. The van der Waals surface area contributed by atoms with E-state index >= 15 is 0 Å². The van der Waals surface area contributed by atoms with Crippen LogP contribution in [0.25, 0.3) is 0 Å². The Labute approximate surface area is 118 Å². The molecule has 0 aliphatic rings. The number of hydrogen-bond donors (Lipinski definition) is 1. The van der Waals surface area contributed by atoms with Crippen LogP contribution in [0.15, 0.2) is 28.9 Å². The van der Waals surface area contributed by atoms with Crippen molar-refractivity contribution >= 4 is 21.7 Å². The Morgan fingerprint density at radius 1 is 1.21 bits per heavy atom. The van der Waals surface area contributed by atoms with Gasteiger partial charge in [0.2, 0.25) is 0 Å². The molecule has 0 aliphatic heterocycles. The Kier molecular flexibility index (Phi) is 4.42. The maximum Gasteiger partial charge on any atom is 0.131 e. The van der Waals surface area contributed by atoms with Gasteiger partial charge in [-0.3, -0.25) is 0 Å². The fourth-order valence-corrected chi connectivity index (χ4v) is 2.00. The lowest BCUT2D eigenvalue weighted by molar-refractivity contribution is 0.587. The lowest BCUT2D eigenvalue weighted by Crippen LogP contribution is -2.06. The van der Waals surface area contributed by atoms with Crippen molar-refractivity contribution in [1.29, 1.82) is 0 Å². The van der Waals surface area contributed by atoms with E-state index in [0.29, 0.717) is 22.7 Å². The summed E-state index contributed by atoms with van der Waals surface area (Å²) in [4.78, 5) is 8.42. The minimum absolute atomic E-state index is 0.163. The number of nitrogens with one attached hydrogen (secondary N) is 1. The number of halogens is 3. The fraction of sp³-hybridized carbons (Fsp3) is 0.231. The van der Waals surface area contributed by atoms with Gasteiger partial charge in [-0.25, -0.2) is 18.7 Å². The second-order valence-corrected chi connectivity index (χ2v) is 4.75. The minimum atomic E-state index is -0.462. The minimum Gasteiger partial charge on any atom is -0.366 e. The standard InChI is InChI=1S/C13H12BrF2N3/c1-2-12-18-11(14)6-13(19-12)17-7-8-5-9(15)3-4-10(8)16/h3-6H,2,7H2,1H3,(H,17,18,19). The van der Waals surface area contributed by atoms with Crippen molar-refractivity contribution in [3.8, 4) is 0 Å². The molecule has 6 heteroatoms. The van der Waals surface area contributed by atoms with E-state index < -0.39 is 11.6 Å². The molecule has 0 saturated carbocycles. The van der Waals surface area contributed by atoms with Gasteiger partial charge in [0.15, 0.2) is 0 Å². The number of nitrogens with zero attached hydrogens (tertiary/aromatic N) is 2. The molecule has 3 nitrogen and oxygen atoms in total. The van der Waals surface area contributed by atoms with Gasteiger partial charge in [-0.15, -0.1) is 0 Å². The van der Waals surface area contributed by atoms with E-state index in [-0.39, 0.29) is 12.1 Å². The molecule has 1 N–H and O–H groups in total. The highest BCUT2D eigenvalue weighted by Crippen LogP contribution is 2.15. The molecule has 0 unspecified atom stereocenters. The Balaban J connectivity index is 2.14. The zero-order valence-electron chi connectivity index (χ0n) is 10.3. The molecule has 2 rings (SSSR count). The molecule has 1 heterocycles. The molecule has 0 amide bonds. The molecule has 0 radical (unpaired) electrons. The first-order chi connectivity index (χ1) is 9.08. The van der Waals surface area contributed by atoms with Crippen molar-refractivity contribution in [3.05, 3.63) is 51.9 Å². The summed E-state index contributed by atoms with van der Waals surface area (Å²) in [6.07, 6.45) is 0.697. The van der Waals surface area contributed by atoms with Crippen LogP contribution in [-0.2, 0) is 13.0 Å². The predicted octanol–water partition coefficient (Wildman–Crippen LogP) is 3.69. The molecule has 0 spiro atoms. The highest BCUT2D eigenvalue weighted by atomic mass is 79.9. The summed E-state index contributed by atoms with van der Waals surface area (Å²) in [6, 6.07) is 5.06. The van der Waals surface area contributed by atoms with Crippen molar-refractivity contribution in [2.45, 2.75) is 19.9 Å². The molecule has 1 aromatic carbocycles. The van der Waals surface area contributed by atoms with Crippen LogP contribution in [0.2, 0.25) is 0 Å². The molecular weight excluding hydrogens is 316 g/mol. The third-order valence-electron chi connectivity index (χ3n) is 2.53. The van der Waals surface area contributed by atoms with Crippen LogP contribution in [-0.4, -0.2) is 9.97 Å². The molecule has 0 atom stereocenters. The first-order valence-corrected chi connectivity index (χ1v) is 6.59. The van der Waals surface area contributed by atoms with Gasteiger partial charge < -0.3 is 5.32 Å². The van der Waals surface area contributed by atoms with Gasteiger partial charge in [0.1, 0.15) is 27.9 Å². The topological polar surface area (TPSA) is 37.8 Å². The molecule has 0 saturated heterocycles. The highest BCUT2D eigenvalue weighted by Gasteiger charge is 2.05. The highest BCUT2D eigenvalue weighted by molar-refractivity contribution is 9.10. The van der Waals surface area contributed by atoms with E-state index in [1.165, 1.54) is 6.07 Å². The van der Waals surface area contributed by atoms with Gasteiger partial charge in [-0.05, 0) is 34.1 Å². The first kappa shape index (κ1) is 13.9. The van der Waals surface area contributed by atoms with Gasteiger partial charge >= 0.3 is 0 Å². The van der Waals surface area contributed by atoms with E-state index in [4.69, 9.17) is 0 Å². The smallest absolute Gasteiger partial charge is 0.131 e. The van der Waals surface area contributed by atoms with Crippen molar-refractivity contribution in [2.75, 3.05) is 5.32 Å².